The molecule has 2 fully saturated rings. The number of primary amides is 1. The van der Waals surface area contributed by atoms with Crippen LogP contribution >= 0.6 is 0 Å². The first-order chi connectivity index (χ1) is 45.1. The number of nitrogens with zero attached hydrogens (tertiary/aromatic N) is 4. The molecule has 0 bridgehead atoms. The summed E-state index contributed by atoms with van der Waals surface area (Å²) in [6, 6.07) is -7.58. The first-order valence-electron chi connectivity index (χ1n) is 33.6. The van der Waals surface area contributed by atoms with Gasteiger partial charge in [0, 0.05) is 77.1 Å². The molecule has 9 amide bonds. The zero-order valence-corrected chi connectivity index (χ0v) is 54.9. The number of likely N-dealkylation sites (tertiary alicyclic amines) is 2. The molecule has 0 aromatic rings. The van der Waals surface area contributed by atoms with Gasteiger partial charge in [0.05, 0.1) is 32.9 Å². The molecule has 3 rings (SSSR count). The molecule has 530 valence electrons. The van der Waals surface area contributed by atoms with Crippen molar-refractivity contribution in [3.63, 3.8) is 0 Å². The summed E-state index contributed by atoms with van der Waals surface area (Å²) >= 11 is 0. The lowest BCUT2D eigenvalue weighted by atomic mass is 10.0. The van der Waals surface area contributed by atoms with Crippen LogP contribution in [0, 0.1) is 0 Å². The number of rotatable bonds is 54. The molecule has 12 N–H and O–H groups in total. The minimum absolute atomic E-state index is 0.00901. The molecule has 3 aliphatic rings. The molecule has 2 saturated heterocycles. The average molecular weight is 1330 g/mol. The Morgan fingerprint density at radius 3 is 1.62 bits per heavy atom. The van der Waals surface area contributed by atoms with E-state index in [1.165, 1.54) is 61.7 Å². The molecule has 3 aliphatic heterocycles. The van der Waals surface area contributed by atoms with Crippen LogP contribution in [-0.2, 0) is 71.8 Å². The summed E-state index contributed by atoms with van der Waals surface area (Å²) < 4.78 is 10.9. The summed E-state index contributed by atoms with van der Waals surface area (Å²) in [5, 5.41) is 53.0. The van der Waals surface area contributed by atoms with Crippen molar-refractivity contribution < 1.29 is 92.2 Å². The van der Waals surface area contributed by atoms with Crippen LogP contribution < -0.4 is 37.6 Å². The van der Waals surface area contributed by atoms with Crippen molar-refractivity contribution >= 4 is 83.3 Å². The number of carboxylic acids is 4. The van der Waals surface area contributed by atoms with E-state index in [4.69, 9.17) is 20.3 Å². The van der Waals surface area contributed by atoms with E-state index in [1.807, 2.05) is 0 Å². The van der Waals surface area contributed by atoms with Gasteiger partial charge in [-0.25, -0.2) is 0 Å². The molecule has 30 heteroatoms. The standard InChI is InChI=1S/C64H105N11O19/c1-45(76)74-36-22-27-52(74)64(92)75-37-21-26-51(75)63(91)72-50(41-46-23-20-33-66-46)62(90)71-49(30-31-56(81)82)61(89)70-48(25-17-19-35-73(42-57(83)84)43-58(85)86)60(88)69-47(59(65)87)24-16-18-32-67-54(78)44-94-40-39-93-38-34-68-53(77)28-14-12-10-8-6-4-2-3-5-7-9-11-13-15-29-55(79)80/h23,33,47-52H,2-22,24-32,34-44H2,1H3,(H2,65,87)(H,67,78)(H,68,77)(H,69,88)(H,70,89)(H,71,90)(H,72,91)(H,79,80)(H,81,82)(H,83,84)(H,85,86)/t47-,48-,49-,50-,51-,52-/m0/s1. The number of amides is 9. The number of unbranched alkanes of at least 4 members (excludes halogenated alkanes) is 15. The Morgan fingerprint density at radius 1 is 0.543 bits per heavy atom. The normalized spacial score (nSPS) is 16.3. The van der Waals surface area contributed by atoms with E-state index < -0.39 is 127 Å². The summed E-state index contributed by atoms with van der Waals surface area (Å²) in [7, 11) is 0. The molecule has 94 heavy (non-hydrogen) atoms. The minimum atomic E-state index is -1.64. The largest absolute Gasteiger partial charge is 0.481 e. The first-order valence-corrected chi connectivity index (χ1v) is 33.6. The van der Waals surface area contributed by atoms with E-state index in [-0.39, 0.29) is 109 Å². The first kappa shape index (κ1) is 80.6. The molecule has 0 unspecified atom stereocenters. The van der Waals surface area contributed by atoms with Crippen LogP contribution in [0.15, 0.2) is 16.8 Å². The molecule has 0 aromatic heterocycles. The Kier molecular flexibility index (Phi) is 40.6. The third-order valence-electron chi connectivity index (χ3n) is 16.5. The number of allylic oxidation sites excluding steroid dienone is 1. The van der Waals surface area contributed by atoms with E-state index in [2.05, 4.69) is 36.9 Å². The number of hydrogen-bond acceptors (Lipinski definition) is 17. The predicted octanol–water partition coefficient (Wildman–Crippen LogP) is 2.43. The quantitative estimate of drug-likeness (QED) is 0.0390. The van der Waals surface area contributed by atoms with Gasteiger partial charge >= 0.3 is 23.9 Å². The zero-order valence-electron chi connectivity index (χ0n) is 54.9. The van der Waals surface area contributed by atoms with Crippen molar-refractivity contribution in [2.24, 2.45) is 10.7 Å². The van der Waals surface area contributed by atoms with E-state index in [9.17, 15) is 77.6 Å². The second kappa shape index (κ2) is 47.3. The van der Waals surface area contributed by atoms with E-state index in [0.717, 1.165) is 49.8 Å². The summed E-state index contributed by atoms with van der Waals surface area (Å²) in [6.07, 6.45) is 20.9. The molecule has 30 nitrogen and oxygen atoms in total. The SMILES string of the molecule is CC(=O)N1CCC[C@H]1C(=O)N1CCC[C@H]1C(=O)N[C@@H](CC1=CCC=N1)C(=O)N[C@@H](CCC(=O)O)C(=O)N[C@@H](CCCCN(CC(=O)O)CC(=O)O)C(=O)N[C@@H](CCCCNC(=O)COCCOCCNC(=O)CCCCCCCCCCCCCCCCC(=O)O)C(N)=O. The lowest BCUT2D eigenvalue weighted by Crippen LogP contribution is -2.59. The Morgan fingerprint density at radius 2 is 1.05 bits per heavy atom. The van der Waals surface area contributed by atoms with Crippen molar-refractivity contribution in [3.05, 3.63) is 11.8 Å². The topological polar surface area (TPSA) is 442 Å². The summed E-state index contributed by atoms with van der Waals surface area (Å²) in [4.78, 5) is 174. The molecular formula is C64H105N11O19. The molecule has 0 saturated carbocycles. The molecular weight excluding hydrogens is 1230 g/mol. The van der Waals surface area contributed by atoms with Crippen molar-refractivity contribution in [1.29, 1.82) is 0 Å². The van der Waals surface area contributed by atoms with Gasteiger partial charge in [0.25, 0.3) is 0 Å². The second-order valence-electron chi connectivity index (χ2n) is 24.3. The van der Waals surface area contributed by atoms with Crippen molar-refractivity contribution in [2.75, 3.05) is 72.2 Å². The molecule has 3 heterocycles. The third kappa shape index (κ3) is 35.1. The maximum Gasteiger partial charge on any atom is 0.317 e. The highest BCUT2D eigenvalue weighted by atomic mass is 16.5. The lowest BCUT2D eigenvalue weighted by Gasteiger charge is -2.31. The van der Waals surface area contributed by atoms with Crippen LogP contribution in [0.4, 0.5) is 0 Å². The van der Waals surface area contributed by atoms with E-state index in [1.54, 1.807) is 12.3 Å². The van der Waals surface area contributed by atoms with Crippen molar-refractivity contribution in [2.45, 2.75) is 236 Å². The number of nitrogens with two attached hydrogens (primary N) is 1. The van der Waals surface area contributed by atoms with Gasteiger partial charge in [0.1, 0.15) is 42.9 Å². The predicted molar refractivity (Wildman–Crippen MR) is 343 cm³/mol. The Bertz CT molecular complexity index is 2500. The van der Waals surface area contributed by atoms with Crippen LogP contribution in [0.25, 0.3) is 0 Å². The van der Waals surface area contributed by atoms with Gasteiger partial charge in [-0.3, -0.25) is 72.2 Å². The van der Waals surface area contributed by atoms with Crippen LogP contribution in [0.3, 0.4) is 0 Å². The third-order valence-corrected chi connectivity index (χ3v) is 16.5. The minimum Gasteiger partial charge on any atom is -0.481 e. The molecule has 0 aliphatic carbocycles. The number of carboxylic acid groups (broad SMARTS) is 4. The fraction of sp³-hybridized carbons (Fsp3) is 0.750. The van der Waals surface area contributed by atoms with Gasteiger partial charge in [0.2, 0.25) is 53.2 Å². The maximum absolute atomic E-state index is 14.3. The number of carbonyl (C=O) groups excluding carboxylic acids is 9. The van der Waals surface area contributed by atoms with Gasteiger partial charge in [-0.15, -0.1) is 0 Å². The van der Waals surface area contributed by atoms with Gasteiger partial charge in [-0.2, -0.15) is 0 Å². The lowest BCUT2D eigenvalue weighted by molar-refractivity contribution is -0.146. The highest BCUT2D eigenvalue weighted by Crippen LogP contribution is 2.26. The highest BCUT2D eigenvalue weighted by molar-refractivity contribution is 5.97. The number of hydrogen-bond donors (Lipinski definition) is 11. The van der Waals surface area contributed by atoms with Crippen molar-refractivity contribution in [1.82, 2.24) is 46.6 Å². The van der Waals surface area contributed by atoms with Crippen LogP contribution in [0.2, 0.25) is 0 Å². The number of aliphatic imine (C=N–C) groups is 1. The van der Waals surface area contributed by atoms with E-state index >= 15 is 0 Å². The van der Waals surface area contributed by atoms with Gasteiger partial charge < -0.3 is 77.3 Å². The Labute approximate surface area is 550 Å². The molecule has 6 atom stereocenters. The Hall–Kier alpha value is -7.60. The number of nitrogens with one attached hydrogen (secondary N) is 6. The molecule has 0 aromatic carbocycles. The van der Waals surface area contributed by atoms with Crippen molar-refractivity contribution in [3.8, 4) is 0 Å². The molecule has 0 spiro atoms. The smallest absolute Gasteiger partial charge is 0.317 e. The average Bonchev–Trinajstić information content (AvgIpc) is 1.67. The maximum atomic E-state index is 14.3. The zero-order chi connectivity index (χ0) is 69.0. The van der Waals surface area contributed by atoms with Crippen LogP contribution in [-0.4, -0.2) is 227 Å². The molecule has 0 radical (unpaired) electrons. The fourth-order valence-electron chi connectivity index (χ4n) is 11.5. The second-order valence-corrected chi connectivity index (χ2v) is 24.3. The summed E-state index contributed by atoms with van der Waals surface area (Å²) in [6.45, 7) is 1.57. The summed E-state index contributed by atoms with van der Waals surface area (Å²) in [5.41, 5.74) is 6.14. The van der Waals surface area contributed by atoms with Gasteiger partial charge in [-0.1, -0.05) is 83.1 Å². The van der Waals surface area contributed by atoms with Gasteiger partial charge in [-0.05, 0) is 90.0 Å². The monoisotopic (exact) mass is 1330 g/mol. The number of aliphatic carboxylic acids is 4. The summed E-state index contributed by atoms with van der Waals surface area (Å²) in [5.74, 6) is -10.2. The fourth-order valence-corrected chi connectivity index (χ4v) is 11.5. The van der Waals surface area contributed by atoms with Gasteiger partial charge in [0.15, 0.2) is 0 Å². The number of ether oxygens (including phenoxy) is 2. The number of carbonyl (C=O) groups is 13. The Balaban J connectivity index is 1.48. The highest BCUT2D eigenvalue weighted by Gasteiger charge is 2.43. The van der Waals surface area contributed by atoms with Crippen LogP contribution in [0.5, 0.6) is 0 Å². The van der Waals surface area contributed by atoms with E-state index in [0.29, 0.717) is 57.3 Å². The van der Waals surface area contributed by atoms with Crippen LogP contribution in [0.1, 0.15) is 200 Å².